The zero-order chi connectivity index (χ0) is 14.0. The van der Waals surface area contributed by atoms with Gasteiger partial charge in [-0.05, 0) is 41.2 Å². The molecule has 0 bridgehead atoms. The minimum Gasteiger partial charge on any atom is -0.494 e. The van der Waals surface area contributed by atoms with E-state index in [-0.39, 0.29) is 5.75 Å². The molecular formula is C13H15BrFN3O. The summed E-state index contributed by atoms with van der Waals surface area (Å²) in [4.78, 5) is 0. The van der Waals surface area contributed by atoms with E-state index in [1.807, 2.05) is 14.1 Å². The first-order valence-electron chi connectivity index (χ1n) is 5.78. The third kappa shape index (κ3) is 2.64. The van der Waals surface area contributed by atoms with E-state index in [0.717, 1.165) is 10.2 Å². The average molecular weight is 328 g/mol. The highest BCUT2D eigenvalue weighted by molar-refractivity contribution is 9.10. The highest BCUT2D eigenvalue weighted by Gasteiger charge is 2.16. The van der Waals surface area contributed by atoms with Crippen molar-refractivity contribution in [2.75, 3.05) is 14.2 Å². The molecule has 1 aromatic heterocycles. The van der Waals surface area contributed by atoms with Gasteiger partial charge >= 0.3 is 0 Å². The molecule has 2 aromatic rings. The lowest BCUT2D eigenvalue weighted by Crippen LogP contribution is -2.10. The van der Waals surface area contributed by atoms with Gasteiger partial charge in [0.1, 0.15) is 5.69 Å². The van der Waals surface area contributed by atoms with E-state index in [0.29, 0.717) is 17.8 Å². The van der Waals surface area contributed by atoms with Crippen LogP contribution in [-0.4, -0.2) is 23.9 Å². The van der Waals surface area contributed by atoms with Gasteiger partial charge in [0.25, 0.3) is 0 Å². The van der Waals surface area contributed by atoms with Gasteiger partial charge in [0.15, 0.2) is 11.6 Å². The van der Waals surface area contributed by atoms with Crippen LogP contribution in [0.1, 0.15) is 5.69 Å². The number of aryl methyl sites for hydroxylation is 1. The number of rotatable bonds is 4. The van der Waals surface area contributed by atoms with Gasteiger partial charge in [-0.15, -0.1) is 0 Å². The summed E-state index contributed by atoms with van der Waals surface area (Å²) in [5, 5.41) is 7.49. The second kappa shape index (κ2) is 5.71. The van der Waals surface area contributed by atoms with Crippen LogP contribution in [-0.2, 0) is 13.6 Å². The first-order valence-corrected chi connectivity index (χ1v) is 6.57. The number of nitrogens with zero attached hydrogens (tertiary/aromatic N) is 2. The van der Waals surface area contributed by atoms with Crippen molar-refractivity contribution in [3.05, 3.63) is 34.2 Å². The van der Waals surface area contributed by atoms with Crippen LogP contribution in [0, 0.1) is 5.82 Å². The Morgan fingerprint density at radius 3 is 2.79 bits per heavy atom. The Bertz CT molecular complexity index is 598. The molecular weight excluding hydrogens is 313 g/mol. The predicted molar refractivity (Wildman–Crippen MR) is 75.6 cm³/mol. The maximum atomic E-state index is 13.7. The molecule has 0 atom stereocenters. The lowest BCUT2D eigenvalue weighted by molar-refractivity contribution is 0.386. The first kappa shape index (κ1) is 14.0. The Hall–Kier alpha value is -1.40. The van der Waals surface area contributed by atoms with Gasteiger partial charge in [0, 0.05) is 19.2 Å². The van der Waals surface area contributed by atoms with Crippen LogP contribution in [0.3, 0.4) is 0 Å². The third-order valence-electron chi connectivity index (χ3n) is 2.87. The molecule has 4 nitrogen and oxygen atoms in total. The largest absolute Gasteiger partial charge is 0.494 e. The van der Waals surface area contributed by atoms with Crippen molar-refractivity contribution in [3.63, 3.8) is 0 Å². The summed E-state index contributed by atoms with van der Waals surface area (Å²) in [5.74, 6) is -0.168. The quantitative estimate of drug-likeness (QED) is 0.938. The summed E-state index contributed by atoms with van der Waals surface area (Å²) in [7, 11) is 5.17. The fraction of sp³-hybridized carbons (Fsp3) is 0.308. The zero-order valence-electron chi connectivity index (χ0n) is 11.0. The number of aromatic nitrogens is 2. The van der Waals surface area contributed by atoms with Gasteiger partial charge in [-0.3, -0.25) is 4.68 Å². The highest BCUT2D eigenvalue weighted by Crippen LogP contribution is 2.32. The monoisotopic (exact) mass is 327 g/mol. The lowest BCUT2D eigenvalue weighted by atomic mass is 10.1. The van der Waals surface area contributed by atoms with Crippen LogP contribution >= 0.6 is 15.9 Å². The Morgan fingerprint density at radius 2 is 2.21 bits per heavy atom. The van der Waals surface area contributed by atoms with E-state index in [9.17, 15) is 4.39 Å². The minimum absolute atomic E-state index is 0.228. The van der Waals surface area contributed by atoms with Crippen molar-refractivity contribution < 1.29 is 9.13 Å². The van der Waals surface area contributed by atoms with E-state index in [2.05, 4.69) is 26.3 Å². The summed E-state index contributed by atoms with van der Waals surface area (Å²) in [6.07, 6.45) is 0. The van der Waals surface area contributed by atoms with E-state index in [1.54, 1.807) is 16.8 Å². The number of nitrogens with one attached hydrogen (secondary N) is 1. The molecule has 2 rings (SSSR count). The molecule has 0 radical (unpaired) electrons. The molecule has 1 heterocycles. The van der Waals surface area contributed by atoms with E-state index in [4.69, 9.17) is 4.74 Å². The van der Waals surface area contributed by atoms with Crippen molar-refractivity contribution in [1.29, 1.82) is 0 Å². The average Bonchev–Trinajstić information content (AvgIpc) is 2.67. The molecule has 0 aliphatic rings. The van der Waals surface area contributed by atoms with Crippen LogP contribution in [0.25, 0.3) is 11.3 Å². The second-order valence-electron chi connectivity index (χ2n) is 4.11. The summed E-state index contributed by atoms with van der Waals surface area (Å²) in [6.45, 7) is 0.683. The van der Waals surface area contributed by atoms with E-state index >= 15 is 0 Å². The van der Waals surface area contributed by atoms with Gasteiger partial charge in [0.05, 0.1) is 17.3 Å². The molecule has 0 aliphatic heterocycles. The van der Waals surface area contributed by atoms with Crippen molar-refractivity contribution in [3.8, 4) is 17.0 Å². The van der Waals surface area contributed by atoms with Gasteiger partial charge in [-0.25, -0.2) is 4.39 Å². The lowest BCUT2D eigenvalue weighted by Gasteiger charge is -2.03. The first-order chi connectivity index (χ1) is 9.08. The smallest absolute Gasteiger partial charge is 0.165 e. The number of halogens is 2. The van der Waals surface area contributed by atoms with Crippen LogP contribution in [0.2, 0.25) is 0 Å². The van der Waals surface area contributed by atoms with Crippen LogP contribution in [0.5, 0.6) is 5.75 Å². The predicted octanol–water partition coefficient (Wildman–Crippen LogP) is 2.72. The summed E-state index contributed by atoms with van der Waals surface area (Å²) in [5.41, 5.74) is 2.44. The van der Waals surface area contributed by atoms with Gasteiger partial charge in [-0.2, -0.15) is 5.10 Å². The number of benzene rings is 1. The van der Waals surface area contributed by atoms with Crippen LogP contribution < -0.4 is 10.1 Å². The minimum atomic E-state index is -0.396. The van der Waals surface area contributed by atoms with E-state index in [1.165, 1.54) is 13.2 Å². The summed E-state index contributed by atoms with van der Waals surface area (Å²) >= 11 is 3.52. The molecule has 6 heteroatoms. The Balaban J connectivity index is 2.47. The van der Waals surface area contributed by atoms with Gasteiger partial charge in [-0.1, -0.05) is 0 Å². The third-order valence-corrected chi connectivity index (χ3v) is 3.70. The molecule has 102 valence electrons. The summed E-state index contributed by atoms with van der Waals surface area (Å²) in [6, 6.07) is 4.82. The molecule has 0 saturated heterocycles. The molecule has 1 N–H and O–H groups in total. The van der Waals surface area contributed by atoms with Crippen molar-refractivity contribution >= 4 is 15.9 Å². The molecule has 0 amide bonds. The molecule has 0 spiro atoms. The van der Waals surface area contributed by atoms with E-state index < -0.39 is 5.82 Å². The fourth-order valence-corrected chi connectivity index (χ4v) is 2.60. The topological polar surface area (TPSA) is 39.1 Å². The molecule has 0 unspecified atom stereocenters. The second-order valence-corrected chi connectivity index (χ2v) is 4.91. The fourth-order valence-electron chi connectivity index (χ4n) is 1.89. The SMILES string of the molecule is CNCc1c(Br)c(-c2ccc(OC)c(F)c2)nn1C. The number of ether oxygens (including phenoxy) is 1. The zero-order valence-corrected chi connectivity index (χ0v) is 12.6. The molecule has 1 aromatic carbocycles. The maximum Gasteiger partial charge on any atom is 0.165 e. The Kier molecular flexibility index (Phi) is 4.21. The number of hydrogen-bond acceptors (Lipinski definition) is 3. The molecule has 0 fully saturated rings. The van der Waals surface area contributed by atoms with Crippen molar-refractivity contribution in [2.45, 2.75) is 6.54 Å². The number of methoxy groups -OCH3 is 1. The maximum absolute atomic E-state index is 13.7. The summed E-state index contributed by atoms with van der Waals surface area (Å²) < 4.78 is 21.3. The Morgan fingerprint density at radius 1 is 1.47 bits per heavy atom. The van der Waals surface area contributed by atoms with Gasteiger partial charge < -0.3 is 10.1 Å². The van der Waals surface area contributed by atoms with Crippen LogP contribution in [0.15, 0.2) is 22.7 Å². The standard InChI is InChI=1S/C13H15BrFN3O/c1-16-7-10-12(14)13(17-18(10)2)8-4-5-11(19-3)9(15)6-8/h4-6,16H,7H2,1-3H3. The molecule has 19 heavy (non-hydrogen) atoms. The Labute approximate surface area is 119 Å². The molecule has 0 aliphatic carbocycles. The highest BCUT2D eigenvalue weighted by atomic mass is 79.9. The van der Waals surface area contributed by atoms with Crippen molar-refractivity contribution in [2.24, 2.45) is 7.05 Å². The van der Waals surface area contributed by atoms with Crippen molar-refractivity contribution in [1.82, 2.24) is 15.1 Å². The number of hydrogen-bond donors (Lipinski definition) is 1. The van der Waals surface area contributed by atoms with Gasteiger partial charge in [0.2, 0.25) is 0 Å². The van der Waals surface area contributed by atoms with Crippen LogP contribution in [0.4, 0.5) is 4.39 Å². The molecule has 0 saturated carbocycles. The normalized spacial score (nSPS) is 10.8.